The van der Waals surface area contributed by atoms with Gasteiger partial charge in [-0.25, -0.2) is 4.98 Å². The van der Waals surface area contributed by atoms with Crippen LogP contribution < -0.4 is 5.32 Å². The standard InChI is InChI=1S/C19H16ClN3O3S/c1-12-3-2-4-15(22-12)17(24)21-9-10-23-18(25)16(27-19(23)26)11-13-5-7-14(20)8-6-13/h2-8,11H,9-10H2,1H3,(H,21,24)/b16-11-. The molecular formula is C19H16ClN3O3S. The average molecular weight is 402 g/mol. The Morgan fingerprint density at radius 2 is 1.96 bits per heavy atom. The van der Waals surface area contributed by atoms with Gasteiger partial charge in [-0.3, -0.25) is 19.3 Å². The Labute approximate surface area is 165 Å². The molecule has 0 aliphatic carbocycles. The number of thioether (sulfide) groups is 1. The van der Waals surface area contributed by atoms with Gasteiger partial charge >= 0.3 is 0 Å². The van der Waals surface area contributed by atoms with Gasteiger partial charge in [-0.1, -0.05) is 29.8 Å². The van der Waals surface area contributed by atoms with E-state index in [9.17, 15) is 14.4 Å². The minimum absolute atomic E-state index is 0.0974. The van der Waals surface area contributed by atoms with E-state index in [4.69, 9.17) is 11.6 Å². The maximum Gasteiger partial charge on any atom is 0.293 e. The van der Waals surface area contributed by atoms with E-state index in [0.717, 1.165) is 27.9 Å². The van der Waals surface area contributed by atoms with Crippen molar-refractivity contribution >= 4 is 46.5 Å². The minimum Gasteiger partial charge on any atom is -0.349 e. The van der Waals surface area contributed by atoms with Crippen molar-refractivity contribution in [2.45, 2.75) is 6.92 Å². The zero-order chi connectivity index (χ0) is 19.4. The van der Waals surface area contributed by atoms with Crippen LogP contribution in [0.5, 0.6) is 0 Å². The molecule has 3 amide bonds. The smallest absolute Gasteiger partial charge is 0.293 e. The molecule has 1 aromatic heterocycles. The molecule has 27 heavy (non-hydrogen) atoms. The SMILES string of the molecule is Cc1cccc(C(=O)NCCN2C(=O)S/C(=C\c3ccc(Cl)cc3)C2=O)n1. The zero-order valence-electron chi connectivity index (χ0n) is 14.4. The molecule has 0 unspecified atom stereocenters. The predicted octanol–water partition coefficient (Wildman–Crippen LogP) is 3.51. The van der Waals surface area contributed by atoms with Crippen molar-refractivity contribution in [1.29, 1.82) is 0 Å². The number of hydrogen-bond acceptors (Lipinski definition) is 5. The first kappa shape index (κ1) is 19.1. The van der Waals surface area contributed by atoms with Gasteiger partial charge in [0.05, 0.1) is 4.91 Å². The van der Waals surface area contributed by atoms with Gasteiger partial charge in [-0.05, 0) is 54.6 Å². The van der Waals surface area contributed by atoms with E-state index in [1.165, 1.54) is 0 Å². The lowest BCUT2D eigenvalue weighted by atomic mass is 10.2. The highest BCUT2D eigenvalue weighted by molar-refractivity contribution is 8.18. The van der Waals surface area contributed by atoms with E-state index in [0.29, 0.717) is 15.6 Å². The van der Waals surface area contributed by atoms with E-state index in [-0.39, 0.29) is 30.1 Å². The second-order valence-corrected chi connectivity index (χ2v) is 7.23. The summed E-state index contributed by atoms with van der Waals surface area (Å²) in [5.41, 5.74) is 1.82. The first-order chi connectivity index (χ1) is 12.9. The molecule has 8 heteroatoms. The van der Waals surface area contributed by atoms with Gasteiger partial charge in [0.25, 0.3) is 17.1 Å². The third-order valence-electron chi connectivity index (χ3n) is 3.78. The van der Waals surface area contributed by atoms with Crippen LogP contribution in [0.15, 0.2) is 47.4 Å². The normalized spacial score (nSPS) is 15.5. The maximum atomic E-state index is 12.4. The fourth-order valence-electron chi connectivity index (χ4n) is 2.44. The summed E-state index contributed by atoms with van der Waals surface area (Å²) in [6.07, 6.45) is 1.65. The molecule has 2 heterocycles. The number of aryl methyl sites for hydroxylation is 1. The fraction of sp³-hybridized carbons (Fsp3) is 0.158. The second kappa shape index (κ2) is 8.37. The first-order valence-electron chi connectivity index (χ1n) is 8.17. The number of aromatic nitrogens is 1. The molecule has 1 aliphatic rings. The second-order valence-electron chi connectivity index (χ2n) is 5.81. The number of benzene rings is 1. The number of pyridine rings is 1. The van der Waals surface area contributed by atoms with Crippen LogP contribution in [-0.4, -0.2) is 40.0 Å². The molecule has 6 nitrogen and oxygen atoms in total. The zero-order valence-corrected chi connectivity index (χ0v) is 16.0. The molecule has 3 rings (SSSR count). The van der Waals surface area contributed by atoms with E-state index in [1.807, 2.05) is 0 Å². The molecule has 0 atom stereocenters. The quantitative estimate of drug-likeness (QED) is 0.775. The van der Waals surface area contributed by atoms with Gasteiger partial charge in [0, 0.05) is 23.8 Å². The lowest BCUT2D eigenvalue weighted by Crippen LogP contribution is -2.37. The van der Waals surface area contributed by atoms with Crippen LogP contribution in [-0.2, 0) is 4.79 Å². The summed E-state index contributed by atoms with van der Waals surface area (Å²) in [6, 6.07) is 12.1. The summed E-state index contributed by atoms with van der Waals surface area (Å²) in [5, 5.41) is 2.91. The van der Waals surface area contributed by atoms with E-state index < -0.39 is 0 Å². The Kier molecular flexibility index (Phi) is 5.93. The van der Waals surface area contributed by atoms with Gasteiger partial charge in [0.15, 0.2) is 0 Å². The predicted molar refractivity (Wildman–Crippen MR) is 105 cm³/mol. The van der Waals surface area contributed by atoms with Crippen molar-refractivity contribution in [3.8, 4) is 0 Å². The summed E-state index contributed by atoms with van der Waals surface area (Å²) >= 11 is 6.72. The Morgan fingerprint density at radius 1 is 1.22 bits per heavy atom. The Morgan fingerprint density at radius 3 is 2.67 bits per heavy atom. The Bertz CT molecular complexity index is 928. The molecular weight excluding hydrogens is 386 g/mol. The van der Waals surface area contributed by atoms with Crippen molar-refractivity contribution in [3.05, 3.63) is 69.3 Å². The number of carbonyl (C=O) groups excluding carboxylic acids is 3. The highest BCUT2D eigenvalue weighted by Gasteiger charge is 2.34. The van der Waals surface area contributed by atoms with Crippen LogP contribution in [0.2, 0.25) is 5.02 Å². The first-order valence-corrected chi connectivity index (χ1v) is 9.36. The van der Waals surface area contributed by atoms with E-state index in [1.54, 1.807) is 55.5 Å². The summed E-state index contributed by atoms with van der Waals surface area (Å²) < 4.78 is 0. The molecule has 0 saturated carbocycles. The number of nitrogens with zero attached hydrogens (tertiary/aromatic N) is 2. The number of imide groups is 1. The molecule has 0 radical (unpaired) electrons. The molecule has 138 valence electrons. The third kappa shape index (κ3) is 4.75. The van der Waals surface area contributed by atoms with Gasteiger partial charge in [0.2, 0.25) is 0 Å². The Balaban J connectivity index is 1.59. The number of carbonyl (C=O) groups is 3. The van der Waals surface area contributed by atoms with Crippen LogP contribution in [0, 0.1) is 6.92 Å². The molecule has 0 bridgehead atoms. The number of rotatable bonds is 5. The third-order valence-corrected chi connectivity index (χ3v) is 4.94. The van der Waals surface area contributed by atoms with Crippen LogP contribution in [0.25, 0.3) is 6.08 Å². The molecule has 1 N–H and O–H groups in total. The van der Waals surface area contributed by atoms with Crippen molar-refractivity contribution in [3.63, 3.8) is 0 Å². The van der Waals surface area contributed by atoms with Crippen molar-refractivity contribution < 1.29 is 14.4 Å². The number of halogens is 1. The fourth-order valence-corrected chi connectivity index (χ4v) is 3.44. The van der Waals surface area contributed by atoms with Crippen molar-refractivity contribution in [2.24, 2.45) is 0 Å². The number of hydrogen-bond donors (Lipinski definition) is 1. The van der Waals surface area contributed by atoms with E-state index >= 15 is 0 Å². The van der Waals surface area contributed by atoms with Crippen LogP contribution in [0.3, 0.4) is 0 Å². The topological polar surface area (TPSA) is 79.4 Å². The minimum atomic E-state index is -0.372. The largest absolute Gasteiger partial charge is 0.349 e. The lowest BCUT2D eigenvalue weighted by molar-refractivity contribution is -0.122. The summed E-state index contributed by atoms with van der Waals surface area (Å²) in [6.45, 7) is 2.05. The Hall–Kier alpha value is -2.64. The van der Waals surface area contributed by atoms with Crippen molar-refractivity contribution in [1.82, 2.24) is 15.2 Å². The van der Waals surface area contributed by atoms with Gasteiger partial charge in [-0.2, -0.15) is 0 Å². The molecule has 1 saturated heterocycles. The van der Waals surface area contributed by atoms with Crippen molar-refractivity contribution in [2.75, 3.05) is 13.1 Å². The molecule has 1 fully saturated rings. The molecule has 2 aromatic rings. The van der Waals surface area contributed by atoms with Crippen LogP contribution in [0.1, 0.15) is 21.7 Å². The molecule has 1 aromatic carbocycles. The van der Waals surface area contributed by atoms with E-state index in [2.05, 4.69) is 10.3 Å². The van der Waals surface area contributed by atoms with Gasteiger partial charge in [0.1, 0.15) is 5.69 Å². The number of nitrogens with one attached hydrogen (secondary N) is 1. The van der Waals surface area contributed by atoms with Crippen LogP contribution in [0.4, 0.5) is 4.79 Å². The highest BCUT2D eigenvalue weighted by Crippen LogP contribution is 2.32. The molecule has 1 aliphatic heterocycles. The summed E-state index contributed by atoms with van der Waals surface area (Å²) in [5.74, 6) is -0.717. The summed E-state index contributed by atoms with van der Waals surface area (Å²) in [4.78, 5) is 42.2. The van der Waals surface area contributed by atoms with Gasteiger partial charge in [-0.15, -0.1) is 0 Å². The average Bonchev–Trinajstić information content (AvgIpc) is 2.91. The van der Waals surface area contributed by atoms with Crippen LogP contribution >= 0.6 is 23.4 Å². The monoisotopic (exact) mass is 401 g/mol. The lowest BCUT2D eigenvalue weighted by Gasteiger charge is -2.12. The summed E-state index contributed by atoms with van der Waals surface area (Å²) in [7, 11) is 0. The number of amides is 3. The molecule has 0 spiro atoms. The highest BCUT2D eigenvalue weighted by atomic mass is 35.5. The maximum absolute atomic E-state index is 12.4. The van der Waals surface area contributed by atoms with Gasteiger partial charge < -0.3 is 5.32 Å².